The molecule has 0 aliphatic carbocycles. The van der Waals surface area contributed by atoms with Crippen molar-refractivity contribution in [2.45, 2.75) is 19.5 Å². The first-order chi connectivity index (χ1) is 11.1. The van der Waals surface area contributed by atoms with Gasteiger partial charge in [-0.2, -0.15) is 5.10 Å². The summed E-state index contributed by atoms with van der Waals surface area (Å²) in [6, 6.07) is 9.64. The summed E-state index contributed by atoms with van der Waals surface area (Å²) in [5.41, 5.74) is 1.95. The van der Waals surface area contributed by atoms with Crippen LogP contribution in [0.2, 0.25) is 0 Å². The molecule has 1 amide bonds. The number of amides is 1. The first-order valence-electron chi connectivity index (χ1n) is 7.10. The summed E-state index contributed by atoms with van der Waals surface area (Å²) < 4.78 is 2.47. The number of aromatic nitrogens is 3. The molecular formula is C16H15BrN4OS. The predicted molar refractivity (Wildman–Crippen MR) is 94.0 cm³/mol. The smallest absolute Gasteiger partial charge is 0.244 e. The summed E-state index contributed by atoms with van der Waals surface area (Å²) >= 11 is 4.90. The summed E-state index contributed by atoms with van der Waals surface area (Å²) in [6.45, 7) is 2.22. The van der Waals surface area contributed by atoms with Crippen LogP contribution in [-0.4, -0.2) is 20.7 Å². The standard InChI is InChI=1S/C16H15BrN4OS/c1-11(21-9-13(17)7-19-21)15(22)18-8-14-10-23-16(20-14)12-5-3-2-4-6-12/h2-7,9-11H,8H2,1H3,(H,18,22). The van der Waals surface area contributed by atoms with Crippen LogP contribution >= 0.6 is 27.3 Å². The van der Waals surface area contributed by atoms with E-state index in [0.717, 1.165) is 20.7 Å². The molecule has 3 rings (SSSR count). The third-order valence-corrected chi connectivity index (χ3v) is 4.71. The van der Waals surface area contributed by atoms with Crippen molar-refractivity contribution in [2.24, 2.45) is 0 Å². The van der Waals surface area contributed by atoms with E-state index in [1.165, 1.54) is 0 Å². The highest BCUT2D eigenvalue weighted by Crippen LogP contribution is 2.23. The Hall–Kier alpha value is -1.99. The fourth-order valence-electron chi connectivity index (χ4n) is 2.07. The third kappa shape index (κ3) is 3.86. The maximum absolute atomic E-state index is 12.2. The lowest BCUT2D eigenvalue weighted by atomic mass is 10.2. The molecule has 0 bridgehead atoms. The highest BCUT2D eigenvalue weighted by molar-refractivity contribution is 9.10. The van der Waals surface area contributed by atoms with Gasteiger partial charge in [0.25, 0.3) is 0 Å². The van der Waals surface area contributed by atoms with Gasteiger partial charge in [-0.05, 0) is 22.9 Å². The fourth-order valence-corrected chi connectivity index (χ4v) is 3.20. The lowest BCUT2D eigenvalue weighted by Gasteiger charge is -2.11. The quantitative estimate of drug-likeness (QED) is 0.723. The van der Waals surface area contributed by atoms with E-state index in [1.807, 2.05) is 42.6 Å². The molecule has 0 saturated carbocycles. The molecule has 0 fully saturated rings. The number of nitrogens with zero attached hydrogens (tertiary/aromatic N) is 3. The zero-order chi connectivity index (χ0) is 16.2. The molecular weight excluding hydrogens is 376 g/mol. The van der Waals surface area contributed by atoms with Gasteiger partial charge in [-0.25, -0.2) is 4.98 Å². The van der Waals surface area contributed by atoms with Gasteiger partial charge >= 0.3 is 0 Å². The van der Waals surface area contributed by atoms with E-state index in [9.17, 15) is 4.79 Å². The number of carbonyl (C=O) groups is 1. The fraction of sp³-hybridized carbons (Fsp3) is 0.188. The SMILES string of the molecule is CC(C(=O)NCc1csc(-c2ccccc2)n1)n1cc(Br)cn1. The van der Waals surface area contributed by atoms with Crippen molar-refractivity contribution in [3.8, 4) is 10.6 Å². The van der Waals surface area contributed by atoms with E-state index in [4.69, 9.17) is 0 Å². The number of nitrogens with one attached hydrogen (secondary N) is 1. The average molecular weight is 391 g/mol. The van der Waals surface area contributed by atoms with Crippen LogP contribution in [0.5, 0.6) is 0 Å². The first kappa shape index (κ1) is 15.9. The molecule has 1 unspecified atom stereocenters. The minimum Gasteiger partial charge on any atom is -0.349 e. The molecule has 1 N–H and O–H groups in total. The van der Waals surface area contributed by atoms with Crippen molar-refractivity contribution in [2.75, 3.05) is 0 Å². The van der Waals surface area contributed by atoms with Crippen LogP contribution in [0.4, 0.5) is 0 Å². The monoisotopic (exact) mass is 390 g/mol. The Morgan fingerprint density at radius 2 is 2.17 bits per heavy atom. The van der Waals surface area contributed by atoms with E-state index in [2.05, 4.69) is 31.3 Å². The Kier molecular flexibility index (Phi) is 4.88. The summed E-state index contributed by atoms with van der Waals surface area (Å²) in [7, 11) is 0. The van der Waals surface area contributed by atoms with Crippen LogP contribution in [0.25, 0.3) is 10.6 Å². The zero-order valence-corrected chi connectivity index (χ0v) is 14.8. The molecule has 5 nitrogen and oxygen atoms in total. The molecule has 23 heavy (non-hydrogen) atoms. The normalized spacial score (nSPS) is 12.1. The Morgan fingerprint density at radius 3 is 2.87 bits per heavy atom. The predicted octanol–water partition coefficient (Wildman–Crippen LogP) is 3.65. The van der Waals surface area contributed by atoms with Gasteiger partial charge in [-0.15, -0.1) is 11.3 Å². The molecule has 118 valence electrons. The van der Waals surface area contributed by atoms with Crippen LogP contribution in [0, 0.1) is 0 Å². The molecule has 7 heteroatoms. The minimum absolute atomic E-state index is 0.0881. The van der Waals surface area contributed by atoms with Gasteiger partial charge in [0, 0.05) is 17.1 Å². The number of hydrogen-bond donors (Lipinski definition) is 1. The number of rotatable bonds is 5. The molecule has 0 saturated heterocycles. The minimum atomic E-state index is -0.367. The maximum Gasteiger partial charge on any atom is 0.244 e. The second kappa shape index (κ2) is 7.06. The van der Waals surface area contributed by atoms with Crippen LogP contribution in [0.1, 0.15) is 18.7 Å². The maximum atomic E-state index is 12.2. The number of halogens is 1. The highest BCUT2D eigenvalue weighted by atomic mass is 79.9. The molecule has 0 aliphatic heterocycles. The lowest BCUT2D eigenvalue weighted by molar-refractivity contribution is -0.124. The Labute approximate surface area is 146 Å². The second-order valence-corrected chi connectivity index (χ2v) is 6.82. The van der Waals surface area contributed by atoms with E-state index < -0.39 is 0 Å². The van der Waals surface area contributed by atoms with E-state index >= 15 is 0 Å². The topological polar surface area (TPSA) is 59.8 Å². The summed E-state index contributed by atoms with van der Waals surface area (Å²) in [5, 5.41) is 9.96. The van der Waals surface area contributed by atoms with Crippen LogP contribution < -0.4 is 5.32 Å². The Balaban J connectivity index is 1.60. The van der Waals surface area contributed by atoms with Crippen LogP contribution in [0.15, 0.2) is 52.6 Å². The van der Waals surface area contributed by atoms with Crippen molar-refractivity contribution >= 4 is 33.2 Å². The molecule has 3 aromatic rings. The highest BCUT2D eigenvalue weighted by Gasteiger charge is 2.16. The lowest BCUT2D eigenvalue weighted by Crippen LogP contribution is -2.30. The van der Waals surface area contributed by atoms with Gasteiger partial charge in [0.15, 0.2) is 0 Å². The van der Waals surface area contributed by atoms with Crippen molar-refractivity contribution in [3.05, 3.63) is 58.3 Å². The summed E-state index contributed by atoms with van der Waals surface area (Å²) in [4.78, 5) is 16.8. The van der Waals surface area contributed by atoms with E-state index in [0.29, 0.717) is 6.54 Å². The molecule has 0 radical (unpaired) electrons. The number of thiazole rings is 1. The zero-order valence-electron chi connectivity index (χ0n) is 12.4. The molecule has 0 aliphatic rings. The van der Waals surface area contributed by atoms with Crippen molar-refractivity contribution in [1.29, 1.82) is 0 Å². The van der Waals surface area contributed by atoms with Crippen molar-refractivity contribution in [1.82, 2.24) is 20.1 Å². The van der Waals surface area contributed by atoms with Crippen LogP contribution in [-0.2, 0) is 11.3 Å². The number of hydrogen-bond acceptors (Lipinski definition) is 4. The Morgan fingerprint density at radius 1 is 1.39 bits per heavy atom. The van der Waals surface area contributed by atoms with Gasteiger partial charge in [0.1, 0.15) is 11.0 Å². The summed E-state index contributed by atoms with van der Waals surface area (Å²) in [5.74, 6) is -0.0881. The van der Waals surface area contributed by atoms with Crippen LogP contribution in [0.3, 0.4) is 0 Å². The molecule has 2 aromatic heterocycles. The molecule has 0 spiro atoms. The number of benzene rings is 1. The molecule has 1 atom stereocenters. The van der Waals surface area contributed by atoms with Crippen molar-refractivity contribution < 1.29 is 4.79 Å². The largest absolute Gasteiger partial charge is 0.349 e. The first-order valence-corrected chi connectivity index (χ1v) is 8.78. The third-order valence-electron chi connectivity index (χ3n) is 3.36. The van der Waals surface area contributed by atoms with Gasteiger partial charge in [-0.3, -0.25) is 9.48 Å². The van der Waals surface area contributed by atoms with Gasteiger partial charge in [0.05, 0.1) is 22.9 Å². The second-order valence-electron chi connectivity index (χ2n) is 5.04. The van der Waals surface area contributed by atoms with Crippen molar-refractivity contribution in [3.63, 3.8) is 0 Å². The van der Waals surface area contributed by atoms with Gasteiger partial charge in [-0.1, -0.05) is 30.3 Å². The average Bonchev–Trinajstić information content (AvgIpc) is 3.22. The van der Waals surface area contributed by atoms with E-state index in [-0.39, 0.29) is 11.9 Å². The van der Waals surface area contributed by atoms with E-state index in [1.54, 1.807) is 28.4 Å². The van der Waals surface area contributed by atoms with Gasteiger partial charge in [0.2, 0.25) is 5.91 Å². The molecule has 2 heterocycles. The molecule has 1 aromatic carbocycles. The van der Waals surface area contributed by atoms with Gasteiger partial charge < -0.3 is 5.32 Å². The Bertz CT molecular complexity index is 799. The summed E-state index contributed by atoms with van der Waals surface area (Å²) in [6.07, 6.45) is 3.44. The number of carbonyl (C=O) groups excluding carboxylic acids is 1.